The summed E-state index contributed by atoms with van der Waals surface area (Å²) in [6.07, 6.45) is 9.83. The van der Waals surface area contributed by atoms with Crippen molar-refractivity contribution in [2.24, 2.45) is 0 Å². The van der Waals surface area contributed by atoms with E-state index in [1.54, 1.807) is 18.1 Å². The Labute approximate surface area is 186 Å². The second-order valence-electron chi connectivity index (χ2n) is 8.12. The fourth-order valence-corrected chi connectivity index (χ4v) is 5.13. The maximum absolute atomic E-state index is 4.99. The molecule has 0 radical (unpaired) electrons. The van der Waals surface area contributed by atoms with Crippen molar-refractivity contribution in [3.8, 4) is 0 Å². The van der Waals surface area contributed by atoms with Crippen LogP contribution in [0.25, 0.3) is 5.57 Å². The second kappa shape index (κ2) is 9.09. The normalized spacial score (nSPS) is 16.0. The van der Waals surface area contributed by atoms with Gasteiger partial charge in [0.2, 0.25) is 5.95 Å². The van der Waals surface area contributed by atoms with Crippen LogP contribution in [0.15, 0.2) is 41.8 Å². The quantitative estimate of drug-likeness (QED) is 0.443. The summed E-state index contributed by atoms with van der Waals surface area (Å²) in [6.45, 7) is 2.99. The summed E-state index contributed by atoms with van der Waals surface area (Å²) in [5.74, 6) is 3.13. The number of aromatic nitrogens is 5. The lowest BCUT2D eigenvalue weighted by molar-refractivity contribution is 0.692. The molecular weight excluding hydrogens is 406 g/mol. The summed E-state index contributed by atoms with van der Waals surface area (Å²) in [4.78, 5) is 12.8. The molecule has 3 aromatic rings. The number of nitrogens with one attached hydrogen (secondary N) is 3. The van der Waals surface area contributed by atoms with Crippen molar-refractivity contribution in [3.05, 3.63) is 53.5 Å². The number of nitrogens with zero attached hydrogens (tertiary/aromatic N) is 4. The molecule has 1 aromatic carbocycles. The van der Waals surface area contributed by atoms with Gasteiger partial charge >= 0.3 is 0 Å². The Morgan fingerprint density at radius 3 is 2.74 bits per heavy atom. The third-order valence-corrected chi connectivity index (χ3v) is 6.87. The molecule has 2 aromatic heterocycles. The predicted molar refractivity (Wildman–Crippen MR) is 126 cm³/mol. The molecule has 1 saturated carbocycles. The summed E-state index contributed by atoms with van der Waals surface area (Å²) in [5.41, 5.74) is 6.00. The van der Waals surface area contributed by atoms with E-state index in [4.69, 9.17) is 9.97 Å². The molecule has 0 unspecified atom stereocenters. The van der Waals surface area contributed by atoms with Gasteiger partial charge in [-0.1, -0.05) is 42.8 Å². The maximum atomic E-state index is 4.99. The zero-order valence-electron chi connectivity index (χ0n) is 17.7. The average Bonchev–Trinajstić information content (AvgIpc) is 3.49. The highest BCUT2D eigenvalue weighted by Crippen LogP contribution is 2.40. The lowest BCUT2D eigenvalue weighted by Gasteiger charge is -2.23. The van der Waals surface area contributed by atoms with E-state index in [9.17, 15) is 0 Å². The van der Waals surface area contributed by atoms with Crippen LogP contribution in [0, 0.1) is 0 Å². The van der Waals surface area contributed by atoms with Gasteiger partial charge in [-0.3, -0.25) is 0 Å². The lowest BCUT2D eigenvalue weighted by Crippen LogP contribution is -2.16. The first-order valence-electron chi connectivity index (χ1n) is 10.9. The number of anilines is 3. The van der Waals surface area contributed by atoms with Crippen molar-refractivity contribution in [2.45, 2.75) is 50.1 Å². The molecule has 0 bridgehead atoms. The molecule has 31 heavy (non-hydrogen) atoms. The van der Waals surface area contributed by atoms with Gasteiger partial charge in [0.15, 0.2) is 5.16 Å². The van der Waals surface area contributed by atoms with Crippen molar-refractivity contribution < 1.29 is 0 Å². The average molecular weight is 434 g/mol. The van der Waals surface area contributed by atoms with Crippen LogP contribution in [0.4, 0.5) is 17.5 Å². The van der Waals surface area contributed by atoms with E-state index in [-0.39, 0.29) is 0 Å². The van der Waals surface area contributed by atoms with Crippen LogP contribution in [0.5, 0.6) is 0 Å². The van der Waals surface area contributed by atoms with Crippen LogP contribution >= 0.6 is 11.8 Å². The third kappa shape index (κ3) is 4.58. The second-order valence-corrected chi connectivity index (χ2v) is 9.20. The summed E-state index contributed by atoms with van der Waals surface area (Å²) >= 11 is 1.68. The minimum atomic E-state index is 0.532. The van der Waals surface area contributed by atoms with Gasteiger partial charge in [-0.25, -0.2) is 4.98 Å². The summed E-state index contributed by atoms with van der Waals surface area (Å²) in [7, 11) is 0. The summed E-state index contributed by atoms with van der Waals surface area (Å²) in [6, 6.07) is 8.52. The van der Waals surface area contributed by atoms with Crippen LogP contribution in [0.1, 0.15) is 55.3 Å². The topological polar surface area (TPSA) is 91.4 Å². The minimum Gasteiger partial charge on any atom is -0.366 e. The molecule has 1 aliphatic carbocycles. The molecule has 0 spiro atoms. The first-order valence-corrected chi connectivity index (χ1v) is 11.9. The highest BCUT2D eigenvalue weighted by molar-refractivity contribution is 7.99. The van der Waals surface area contributed by atoms with Crippen molar-refractivity contribution in [3.63, 3.8) is 0 Å². The molecule has 2 aliphatic rings. The monoisotopic (exact) mass is 433 g/mol. The fraction of sp³-hybridized carbons (Fsp3) is 0.391. The largest absolute Gasteiger partial charge is 0.366 e. The van der Waals surface area contributed by atoms with Crippen LogP contribution in [-0.4, -0.2) is 37.4 Å². The standard InChI is InChI=1S/C23H27N7S/c1-15-10-12-24-21-19(15)20(17-4-2-3-5-17)28-22(29-21)27-18-8-6-16(7-9-18)11-13-31-23-25-14-26-30-23/h6-10,14,17H,2-5,11-13H2,1H3,(H,25,26,30)(H2,24,27,28,29). The van der Waals surface area contributed by atoms with E-state index in [2.05, 4.69) is 63.1 Å². The summed E-state index contributed by atoms with van der Waals surface area (Å²) < 4.78 is 0. The molecular formula is C23H27N7S. The highest BCUT2D eigenvalue weighted by Gasteiger charge is 2.26. The maximum Gasteiger partial charge on any atom is 0.229 e. The number of benzene rings is 1. The Hall–Kier alpha value is -2.87. The molecule has 3 heterocycles. The Bertz CT molecular complexity index is 1050. The van der Waals surface area contributed by atoms with E-state index in [1.807, 2.05) is 0 Å². The van der Waals surface area contributed by atoms with Gasteiger partial charge in [-0.15, -0.1) is 10.2 Å². The van der Waals surface area contributed by atoms with Crippen LogP contribution in [-0.2, 0) is 6.42 Å². The smallest absolute Gasteiger partial charge is 0.229 e. The highest BCUT2D eigenvalue weighted by atomic mass is 32.2. The molecule has 160 valence electrons. The van der Waals surface area contributed by atoms with E-state index < -0.39 is 0 Å². The van der Waals surface area contributed by atoms with Crippen LogP contribution < -0.4 is 10.6 Å². The zero-order chi connectivity index (χ0) is 21.0. The molecule has 1 aliphatic heterocycles. The molecule has 1 fully saturated rings. The van der Waals surface area contributed by atoms with Crippen molar-refractivity contribution in [1.29, 1.82) is 0 Å². The number of hydrogen-bond donors (Lipinski definition) is 3. The molecule has 0 saturated heterocycles. The van der Waals surface area contributed by atoms with Crippen LogP contribution in [0.2, 0.25) is 0 Å². The van der Waals surface area contributed by atoms with Gasteiger partial charge in [0.25, 0.3) is 0 Å². The molecule has 0 atom stereocenters. The molecule has 8 heteroatoms. The molecule has 5 rings (SSSR count). The van der Waals surface area contributed by atoms with Gasteiger partial charge in [0, 0.05) is 29.5 Å². The van der Waals surface area contributed by atoms with Gasteiger partial charge < -0.3 is 15.6 Å². The Kier molecular flexibility index (Phi) is 5.88. The number of aryl methyl sites for hydroxylation is 1. The van der Waals surface area contributed by atoms with Gasteiger partial charge in [-0.2, -0.15) is 4.98 Å². The third-order valence-electron chi connectivity index (χ3n) is 5.98. The number of thioether (sulfide) groups is 1. The minimum absolute atomic E-state index is 0.532. The number of rotatable bonds is 7. The van der Waals surface area contributed by atoms with Crippen molar-refractivity contribution in [2.75, 3.05) is 22.9 Å². The lowest BCUT2D eigenvalue weighted by atomic mass is 9.93. The van der Waals surface area contributed by atoms with Crippen LogP contribution in [0.3, 0.4) is 0 Å². The van der Waals surface area contributed by atoms with Gasteiger partial charge in [-0.05, 0) is 49.5 Å². The first-order chi connectivity index (χ1) is 15.3. The first kappa shape index (κ1) is 20.1. The van der Waals surface area contributed by atoms with E-state index in [1.165, 1.54) is 48.1 Å². The van der Waals surface area contributed by atoms with E-state index >= 15 is 0 Å². The summed E-state index contributed by atoms with van der Waals surface area (Å²) in [5, 5.41) is 15.5. The van der Waals surface area contributed by atoms with Gasteiger partial charge in [0.05, 0.1) is 5.69 Å². The molecule has 0 amide bonds. The SMILES string of the molecule is CC1=CCNc2nc(Nc3ccc(CCSc4nnc[nH]4)cc3)nc(C3CCCC3)c21. The predicted octanol–water partition coefficient (Wildman–Crippen LogP) is 5.16. The number of hydrogen-bond acceptors (Lipinski definition) is 7. The number of aromatic amines is 1. The number of fused-ring (bicyclic) bond motifs is 1. The number of H-pyrrole nitrogens is 1. The zero-order valence-corrected chi connectivity index (χ0v) is 18.5. The van der Waals surface area contributed by atoms with E-state index in [0.29, 0.717) is 11.9 Å². The Balaban J connectivity index is 1.30. The number of allylic oxidation sites excluding steroid dienone is 1. The molecule has 3 N–H and O–H groups in total. The van der Waals surface area contributed by atoms with Crippen molar-refractivity contribution >= 4 is 34.8 Å². The van der Waals surface area contributed by atoms with Crippen molar-refractivity contribution in [1.82, 2.24) is 25.1 Å². The van der Waals surface area contributed by atoms with E-state index in [0.717, 1.165) is 35.4 Å². The van der Waals surface area contributed by atoms with Gasteiger partial charge in [0.1, 0.15) is 12.1 Å². The Morgan fingerprint density at radius 1 is 1.13 bits per heavy atom. The molecule has 7 nitrogen and oxygen atoms in total. The Morgan fingerprint density at radius 2 is 1.97 bits per heavy atom. The fourth-order valence-electron chi connectivity index (χ4n) is 4.36.